The van der Waals surface area contributed by atoms with Gasteiger partial charge in [-0.25, -0.2) is 0 Å². The minimum Gasteiger partial charge on any atom is -0.354 e. The number of hydrogen-bond acceptors (Lipinski definition) is 5. The molecule has 1 aliphatic carbocycles. The van der Waals surface area contributed by atoms with E-state index >= 15 is 0 Å². The number of amides is 2. The zero-order valence-electron chi connectivity index (χ0n) is 23.6. The predicted octanol–water partition coefficient (Wildman–Crippen LogP) is 4.15. The molecule has 206 valence electrons. The maximum atomic E-state index is 13.5. The predicted molar refractivity (Wildman–Crippen MR) is 151 cm³/mol. The number of benzene rings is 1. The SMILES string of the molecule is CCCCC(NC(=O)c1[nH]c2c(c1C)C(=O)CC(C)(C)C2)C(=O)Nc1ccccc1CN1CCN(C)CC1. The van der Waals surface area contributed by atoms with Crippen LogP contribution < -0.4 is 10.6 Å². The molecule has 1 aromatic heterocycles. The highest BCUT2D eigenvalue weighted by molar-refractivity contribution is 6.06. The maximum Gasteiger partial charge on any atom is 0.268 e. The number of aromatic nitrogens is 1. The summed E-state index contributed by atoms with van der Waals surface area (Å²) in [5, 5.41) is 6.07. The van der Waals surface area contributed by atoms with Gasteiger partial charge in [-0.15, -0.1) is 0 Å². The van der Waals surface area contributed by atoms with Crippen molar-refractivity contribution in [3.8, 4) is 0 Å². The normalized spacial score (nSPS) is 18.6. The summed E-state index contributed by atoms with van der Waals surface area (Å²) < 4.78 is 0. The number of carbonyl (C=O) groups excluding carboxylic acids is 3. The fourth-order valence-electron chi connectivity index (χ4n) is 5.61. The number of fused-ring (bicyclic) bond motifs is 1. The minimum atomic E-state index is -0.675. The topological polar surface area (TPSA) is 97.5 Å². The summed E-state index contributed by atoms with van der Waals surface area (Å²) in [5.74, 6) is -0.491. The van der Waals surface area contributed by atoms with Crippen LogP contribution in [0.15, 0.2) is 24.3 Å². The van der Waals surface area contributed by atoms with Gasteiger partial charge in [0.05, 0.1) is 0 Å². The number of ketones is 1. The van der Waals surface area contributed by atoms with Crippen molar-refractivity contribution in [2.45, 2.75) is 72.4 Å². The first-order chi connectivity index (χ1) is 18.1. The first-order valence-corrected chi connectivity index (χ1v) is 13.9. The molecule has 3 N–H and O–H groups in total. The Labute approximate surface area is 226 Å². The van der Waals surface area contributed by atoms with Crippen LogP contribution in [0.4, 0.5) is 5.69 Å². The monoisotopic (exact) mass is 521 g/mol. The molecule has 8 heteroatoms. The lowest BCUT2D eigenvalue weighted by molar-refractivity contribution is -0.118. The molecule has 1 fully saturated rings. The lowest BCUT2D eigenvalue weighted by Gasteiger charge is -2.32. The Morgan fingerprint density at radius 2 is 1.82 bits per heavy atom. The molecular weight excluding hydrogens is 478 g/mol. The molecule has 38 heavy (non-hydrogen) atoms. The van der Waals surface area contributed by atoms with Crippen molar-refractivity contribution in [1.82, 2.24) is 20.1 Å². The highest BCUT2D eigenvalue weighted by Gasteiger charge is 2.35. The Hall–Kier alpha value is -2.97. The van der Waals surface area contributed by atoms with E-state index in [2.05, 4.69) is 59.3 Å². The number of nitrogens with zero attached hydrogens (tertiary/aromatic N) is 2. The van der Waals surface area contributed by atoms with Crippen molar-refractivity contribution < 1.29 is 14.4 Å². The number of piperazine rings is 1. The van der Waals surface area contributed by atoms with Gasteiger partial charge in [0.25, 0.3) is 5.91 Å². The van der Waals surface area contributed by atoms with E-state index in [0.29, 0.717) is 36.1 Å². The molecule has 2 aromatic rings. The van der Waals surface area contributed by atoms with Gasteiger partial charge in [0, 0.05) is 56.1 Å². The summed E-state index contributed by atoms with van der Waals surface area (Å²) in [6.45, 7) is 12.8. The van der Waals surface area contributed by atoms with Crippen LogP contribution in [0.2, 0.25) is 0 Å². The van der Waals surface area contributed by atoms with E-state index in [4.69, 9.17) is 0 Å². The fraction of sp³-hybridized carbons (Fsp3) is 0.567. The first-order valence-electron chi connectivity index (χ1n) is 13.9. The van der Waals surface area contributed by atoms with E-state index in [9.17, 15) is 14.4 Å². The van der Waals surface area contributed by atoms with E-state index < -0.39 is 6.04 Å². The number of carbonyl (C=O) groups is 3. The third-order valence-corrected chi connectivity index (χ3v) is 7.86. The minimum absolute atomic E-state index is 0.0706. The van der Waals surface area contributed by atoms with E-state index in [-0.39, 0.29) is 23.0 Å². The Bertz CT molecular complexity index is 1180. The molecule has 0 spiro atoms. The lowest BCUT2D eigenvalue weighted by atomic mass is 9.75. The number of aromatic amines is 1. The summed E-state index contributed by atoms with van der Waals surface area (Å²) in [6, 6.07) is 7.23. The fourth-order valence-corrected chi connectivity index (χ4v) is 5.61. The van der Waals surface area contributed by atoms with E-state index in [1.807, 2.05) is 25.1 Å². The molecular formula is C30H43N5O3. The molecule has 1 saturated heterocycles. The molecule has 2 heterocycles. The van der Waals surface area contributed by atoms with Crippen LogP contribution in [0.1, 0.15) is 84.1 Å². The number of nitrogens with one attached hydrogen (secondary N) is 3. The van der Waals surface area contributed by atoms with Gasteiger partial charge in [-0.1, -0.05) is 51.8 Å². The average molecular weight is 522 g/mol. The molecule has 2 amide bonds. The van der Waals surface area contributed by atoms with Crippen molar-refractivity contribution in [1.29, 1.82) is 0 Å². The van der Waals surface area contributed by atoms with Gasteiger partial charge in [0.2, 0.25) is 5.91 Å². The van der Waals surface area contributed by atoms with Gasteiger partial charge >= 0.3 is 0 Å². The van der Waals surface area contributed by atoms with E-state index in [1.165, 1.54) is 0 Å². The van der Waals surface area contributed by atoms with Crippen LogP contribution in [-0.4, -0.2) is 71.6 Å². The summed E-state index contributed by atoms with van der Waals surface area (Å²) >= 11 is 0. The molecule has 2 aliphatic rings. The van der Waals surface area contributed by atoms with Crippen molar-refractivity contribution in [3.05, 3.63) is 52.3 Å². The number of rotatable bonds is 9. The summed E-state index contributed by atoms with van der Waals surface area (Å²) in [6.07, 6.45) is 3.45. The molecule has 8 nitrogen and oxygen atoms in total. The molecule has 0 bridgehead atoms. The lowest BCUT2D eigenvalue weighted by Crippen LogP contribution is -2.45. The maximum absolute atomic E-state index is 13.5. The van der Waals surface area contributed by atoms with Crippen LogP contribution in [0.25, 0.3) is 0 Å². The Balaban J connectivity index is 1.48. The van der Waals surface area contributed by atoms with Crippen LogP contribution in [0, 0.1) is 12.3 Å². The Morgan fingerprint density at radius 1 is 1.11 bits per heavy atom. The van der Waals surface area contributed by atoms with Crippen LogP contribution in [-0.2, 0) is 17.8 Å². The van der Waals surface area contributed by atoms with Gasteiger partial charge in [-0.2, -0.15) is 0 Å². The third-order valence-electron chi connectivity index (χ3n) is 7.86. The van der Waals surface area contributed by atoms with Gasteiger partial charge in [-0.05, 0) is 49.4 Å². The number of likely N-dealkylation sites (N-methyl/N-ethyl adjacent to an activating group) is 1. The zero-order chi connectivity index (χ0) is 27.4. The summed E-state index contributed by atoms with van der Waals surface area (Å²) in [7, 11) is 2.14. The second-order valence-electron chi connectivity index (χ2n) is 11.8. The van der Waals surface area contributed by atoms with Crippen molar-refractivity contribution in [2.24, 2.45) is 5.41 Å². The number of H-pyrrole nitrogens is 1. The highest BCUT2D eigenvalue weighted by Crippen LogP contribution is 2.36. The Morgan fingerprint density at radius 3 is 2.53 bits per heavy atom. The van der Waals surface area contributed by atoms with E-state index in [1.54, 1.807) is 0 Å². The van der Waals surface area contributed by atoms with Crippen LogP contribution >= 0.6 is 0 Å². The summed E-state index contributed by atoms with van der Waals surface area (Å²) in [4.78, 5) is 47.6. The van der Waals surface area contributed by atoms with Crippen LogP contribution in [0.5, 0.6) is 0 Å². The first kappa shape index (κ1) is 28.0. The van der Waals surface area contributed by atoms with Crippen molar-refractivity contribution in [2.75, 3.05) is 38.5 Å². The quantitative estimate of drug-likeness (QED) is 0.461. The average Bonchev–Trinajstić information content (AvgIpc) is 3.19. The number of unbranched alkanes of at least 4 members (excludes halogenated alkanes) is 1. The standard InChI is InChI=1S/C30H43N5O3/c1-6-7-11-23(33-29(38)27-20(2)26-24(31-27)17-30(3,4)18-25(26)36)28(37)32-22-12-9-8-10-21(22)19-35-15-13-34(5)14-16-35/h8-10,12,23,31H,6-7,11,13-19H2,1-5H3,(H,32,37)(H,33,38). The number of hydrogen-bond donors (Lipinski definition) is 3. The largest absolute Gasteiger partial charge is 0.354 e. The van der Waals surface area contributed by atoms with E-state index in [0.717, 1.165) is 62.5 Å². The third kappa shape index (κ3) is 6.53. The number of para-hydroxylation sites is 1. The zero-order valence-corrected chi connectivity index (χ0v) is 23.6. The van der Waals surface area contributed by atoms with Gasteiger partial charge in [-0.3, -0.25) is 19.3 Å². The van der Waals surface area contributed by atoms with Gasteiger partial charge in [0.15, 0.2) is 5.78 Å². The van der Waals surface area contributed by atoms with Gasteiger partial charge in [0.1, 0.15) is 11.7 Å². The molecule has 1 unspecified atom stereocenters. The number of anilines is 1. The molecule has 0 radical (unpaired) electrons. The van der Waals surface area contributed by atoms with Crippen molar-refractivity contribution >= 4 is 23.3 Å². The molecule has 0 saturated carbocycles. The Kier molecular flexibility index (Phi) is 8.73. The van der Waals surface area contributed by atoms with Crippen molar-refractivity contribution in [3.63, 3.8) is 0 Å². The number of Topliss-reactive ketones (excluding diaryl/α,β-unsaturated/α-hetero) is 1. The second-order valence-corrected chi connectivity index (χ2v) is 11.8. The van der Waals surface area contributed by atoms with Gasteiger partial charge < -0.3 is 20.5 Å². The molecule has 1 atom stereocenters. The highest BCUT2D eigenvalue weighted by atomic mass is 16.2. The smallest absolute Gasteiger partial charge is 0.268 e. The van der Waals surface area contributed by atoms with Crippen LogP contribution in [0.3, 0.4) is 0 Å². The molecule has 1 aromatic carbocycles. The summed E-state index contributed by atoms with van der Waals surface area (Å²) in [5.41, 5.74) is 4.22. The molecule has 4 rings (SSSR count). The second kappa shape index (κ2) is 11.8. The molecule has 1 aliphatic heterocycles.